The van der Waals surface area contributed by atoms with Gasteiger partial charge in [0.25, 0.3) is 0 Å². The van der Waals surface area contributed by atoms with Crippen LogP contribution < -0.4 is 4.74 Å². The first-order valence-corrected chi connectivity index (χ1v) is 11.8. The van der Waals surface area contributed by atoms with Gasteiger partial charge in [0.2, 0.25) is 0 Å². The predicted octanol–water partition coefficient (Wildman–Crippen LogP) is 6.70. The molecule has 0 fully saturated rings. The summed E-state index contributed by atoms with van der Waals surface area (Å²) in [5.41, 5.74) is 3.84. The molecule has 3 aromatic carbocycles. The van der Waals surface area contributed by atoms with Crippen LogP contribution in [0.3, 0.4) is 0 Å². The molecule has 0 saturated heterocycles. The van der Waals surface area contributed by atoms with E-state index in [1.54, 1.807) is 6.07 Å². The molecular weight excluding hydrogens is 422 g/mol. The normalized spacial score (nSPS) is 11.7. The number of nitrogens with zero attached hydrogens (tertiary/aromatic N) is 1. The fourth-order valence-corrected chi connectivity index (χ4v) is 3.93. The van der Waals surface area contributed by atoms with E-state index >= 15 is 0 Å². The average Bonchev–Trinajstić information content (AvgIpc) is 2.85. The van der Waals surface area contributed by atoms with Gasteiger partial charge >= 0.3 is 5.97 Å². The van der Waals surface area contributed by atoms with E-state index < -0.39 is 5.97 Å². The molecule has 0 aliphatic carbocycles. The predicted molar refractivity (Wildman–Crippen MR) is 136 cm³/mol. The molecule has 4 nitrogen and oxygen atoms in total. The molecule has 4 heteroatoms. The molecule has 1 unspecified atom stereocenters. The van der Waals surface area contributed by atoms with Crippen LogP contribution in [0.25, 0.3) is 6.08 Å². The number of ether oxygens (including phenoxy) is 1. The molecular formula is C30H31NO3. The van der Waals surface area contributed by atoms with Gasteiger partial charge in [-0.2, -0.15) is 5.26 Å². The van der Waals surface area contributed by atoms with Crippen LogP contribution in [0.15, 0.2) is 84.9 Å². The zero-order chi connectivity index (χ0) is 24.0. The van der Waals surface area contributed by atoms with Gasteiger partial charge in [-0.3, -0.25) is 4.79 Å². The summed E-state index contributed by atoms with van der Waals surface area (Å²) in [5, 5.41) is 18.5. The van der Waals surface area contributed by atoms with Crippen LogP contribution in [0.2, 0.25) is 0 Å². The van der Waals surface area contributed by atoms with Crippen LogP contribution in [0.5, 0.6) is 5.75 Å². The molecule has 0 spiro atoms. The molecule has 0 aromatic heterocycles. The number of nitriles is 1. The Bertz CT molecular complexity index is 1120. The van der Waals surface area contributed by atoms with Crippen molar-refractivity contribution in [2.75, 3.05) is 6.61 Å². The van der Waals surface area contributed by atoms with Crippen molar-refractivity contribution in [3.8, 4) is 11.8 Å². The number of carboxylic acid groups (broad SMARTS) is 1. The van der Waals surface area contributed by atoms with Crippen molar-refractivity contribution in [2.24, 2.45) is 5.92 Å². The smallest absolute Gasteiger partial charge is 0.303 e. The highest BCUT2D eigenvalue weighted by Crippen LogP contribution is 2.23. The Kier molecular flexibility index (Phi) is 9.95. The van der Waals surface area contributed by atoms with Crippen molar-refractivity contribution in [3.63, 3.8) is 0 Å². The van der Waals surface area contributed by atoms with E-state index in [1.807, 2.05) is 60.7 Å². The molecule has 0 heterocycles. The second-order valence-electron chi connectivity index (χ2n) is 8.42. The summed E-state index contributed by atoms with van der Waals surface area (Å²) in [6.07, 6.45) is 8.79. The number of allylic oxidation sites excluding steroid dienone is 1. The van der Waals surface area contributed by atoms with Gasteiger partial charge in [-0.1, -0.05) is 72.8 Å². The number of benzene rings is 3. The van der Waals surface area contributed by atoms with Crippen molar-refractivity contribution in [1.29, 1.82) is 5.26 Å². The monoisotopic (exact) mass is 453 g/mol. The van der Waals surface area contributed by atoms with Gasteiger partial charge in [0.15, 0.2) is 0 Å². The third-order valence-corrected chi connectivity index (χ3v) is 5.67. The minimum absolute atomic E-state index is 0.0255. The third kappa shape index (κ3) is 8.60. The lowest BCUT2D eigenvalue weighted by Crippen LogP contribution is -2.08. The number of carbonyl (C=O) groups is 1. The van der Waals surface area contributed by atoms with Crippen LogP contribution in [0.1, 0.15) is 47.9 Å². The Labute approximate surface area is 202 Å². The fraction of sp³-hybridized carbons (Fsp3) is 0.267. The van der Waals surface area contributed by atoms with Gasteiger partial charge in [-0.15, -0.1) is 0 Å². The maximum atomic E-state index is 11.4. The van der Waals surface area contributed by atoms with Crippen molar-refractivity contribution in [2.45, 2.75) is 38.5 Å². The van der Waals surface area contributed by atoms with Crippen LogP contribution in [-0.4, -0.2) is 17.7 Å². The van der Waals surface area contributed by atoms with E-state index in [1.165, 1.54) is 5.56 Å². The summed E-state index contributed by atoms with van der Waals surface area (Å²) in [6.45, 7) is 0.652. The molecule has 174 valence electrons. The van der Waals surface area contributed by atoms with Crippen molar-refractivity contribution in [1.82, 2.24) is 0 Å². The summed E-state index contributed by atoms with van der Waals surface area (Å²) < 4.78 is 6.05. The van der Waals surface area contributed by atoms with E-state index in [0.717, 1.165) is 42.6 Å². The van der Waals surface area contributed by atoms with Gasteiger partial charge in [0.1, 0.15) is 5.75 Å². The fourth-order valence-electron chi connectivity index (χ4n) is 3.93. The van der Waals surface area contributed by atoms with Crippen molar-refractivity contribution < 1.29 is 14.6 Å². The Morgan fingerprint density at radius 3 is 2.50 bits per heavy atom. The van der Waals surface area contributed by atoms with Gasteiger partial charge in [-0.25, -0.2) is 0 Å². The van der Waals surface area contributed by atoms with E-state index in [0.29, 0.717) is 18.6 Å². The Morgan fingerprint density at radius 1 is 0.941 bits per heavy atom. The van der Waals surface area contributed by atoms with E-state index in [2.05, 4.69) is 30.3 Å². The van der Waals surface area contributed by atoms with Crippen molar-refractivity contribution >= 4 is 12.0 Å². The number of aliphatic carboxylic acids is 1. The first kappa shape index (κ1) is 24.8. The second kappa shape index (κ2) is 13.6. The molecule has 0 bridgehead atoms. The Balaban J connectivity index is 1.55. The van der Waals surface area contributed by atoms with Crippen molar-refractivity contribution in [3.05, 3.63) is 107 Å². The minimum Gasteiger partial charge on any atom is -0.493 e. The summed E-state index contributed by atoms with van der Waals surface area (Å²) >= 11 is 0. The molecule has 0 amide bonds. The number of hydrogen-bond acceptors (Lipinski definition) is 3. The van der Waals surface area contributed by atoms with Gasteiger partial charge in [0, 0.05) is 5.56 Å². The SMILES string of the molecule is N#Cc1cccc(CC(/C=C/c2ccccc2OCCCCCc2ccccc2)CC(=O)O)c1. The standard InChI is InChI=1S/C30H31NO3/c31-23-27-14-9-13-25(21-27)20-26(22-30(32)33)17-18-28-15-6-7-16-29(28)34-19-8-2-5-12-24-10-3-1-4-11-24/h1,3-4,6-7,9-11,13-18,21,26H,2,5,8,12,19-20,22H2,(H,32,33)/b18-17+. The topological polar surface area (TPSA) is 70.3 Å². The maximum Gasteiger partial charge on any atom is 0.303 e. The minimum atomic E-state index is -0.842. The first-order chi connectivity index (χ1) is 16.6. The molecule has 3 rings (SSSR count). The lowest BCUT2D eigenvalue weighted by Gasteiger charge is -2.12. The number of hydrogen-bond donors (Lipinski definition) is 1. The molecule has 0 saturated carbocycles. The highest BCUT2D eigenvalue weighted by molar-refractivity contribution is 5.68. The highest BCUT2D eigenvalue weighted by atomic mass is 16.5. The van der Waals surface area contributed by atoms with Crippen LogP contribution in [-0.2, 0) is 17.6 Å². The van der Waals surface area contributed by atoms with E-state index in [9.17, 15) is 9.90 Å². The van der Waals surface area contributed by atoms with Gasteiger partial charge in [-0.05, 0) is 67.3 Å². The number of unbranched alkanes of at least 4 members (excludes halogenated alkanes) is 2. The zero-order valence-corrected chi connectivity index (χ0v) is 19.4. The van der Waals surface area contributed by atoms with E-state index in [-0.39, 0.29) is 12.3 Å². The quantitative estimate of drug-likeness (QED) is 0.292. The molecule has 1 atom stereocenters. The molecule has 3 aromatic rings. The Morgan fingerprint density at radius 2 is 1.71 bits per heavy atom. The summed E-state index contributed by atoms with van der Waals surface area (Å²) in [5.74, 6) is -0.217. The molecule has 0 aliphatic rings. The van der Waals surface area contributed by atoms with Gasteiger partial charge < -0.3 is 9.84 Å². The highest BCUT2D eigenvalue weighted by Gasteiger charge is 2.12. The number of rotatable bonds is 13. The average molecular weight is 454 g/mol. The third-order valence-electron chi connectivity index (χ3n) is 5.67. The second-order valence-corrected chi connectivity index (χ2v) is 8.42. The molecule has 0 aliphatic heterocycles. The number of aryl methyl sites for hydroxylation is 1. The zero-order valence-electron chi connectivity index (χ0n) is 19.4. The number of para-hydroxylation sites is 1. The van der Waals surface area contributed by atoms with Gasteiger partial charge in [0.05, 0.1) is 24.7 Å². The molecule has 0 radical (unpaired) electrons. The number of carboxylic acids is 1. The first-order valence-electron chi connectivity index (χ1n) is 11.8. The lowest BCUT2D eigenvalue weighted by molar-refractivity contribution is -0.137. The largest absolute Gasteiger partial charge is 0.493 e. The van der Waals surface area contributed by atoms with E-state index in [4.69, 9.17) is 10.00 Å². The summed E-state index contributed by atoms with van der Waals surface area (Å²) in [6, 6.07) is 27.8. The molecule has 1 N–H and O–H groups in total. The lowest BCUT2D eigenvalue weighted by atomic mass is 9.94. The molecule has 34 heavy (non-hydrogen) atoms. The van der Waals surface area contributed by atoms with Crippen LogP contribution in [0.4, 0.5) is 0 Å². The Hall–Kier alpha value is -3.84. The summed E-state index contributed by atoms with van der Waals surface area (Å²) in [7, 11) is 0. The van der Waals surface area contributed by atoms with Crippen LogP contribution in [0, 0.1) is 17.2 Å². The summed E-state index contributed by atoms with van der Waals surface area (Å²) in [4.78, 5) is 11.4. The maximum absolute atomic E-state index is 11.4. The van der Waals surface area contributed by atoms with Crippen LogP contribution >= 0.6 is 0 Å².